The summed E-state index contributed by atoms with van der Waals surface area (Å²) in [6.45, 7) is 7.38. The van der Waals surface area contributed by atoms with Crippen molar-refractivity contribution in [2.45, 2.75) is 32.7 Å². The fraction of sp³-hybridized carbons (Fsp3) is 0.538. The molecule has 3 heteroatoms. The van der Waals surface area contributed by atoms with Crippen LogP contribution in [0, 0.1) is 6.92 Å². The predicted molar refractivity (Wildman–Crippen MR) is 64.1 cm³/mol. The van der Waals surface area contributed by atoms with Crippen LogP contribution in [-0.2, 0) is 6.42 Å². The van der Waals surface area contributed by atoms with Crippen LogP contribution in [0.15, 0.2) is 12.1 Å². The standard InChI is InChI=1S/C13H19NO2/c1-9-4-5-11-12(16-7-6-15-11)10(9)8-13(2,3)14/h4-5H,6-8,14H2,1-3H3. The van der Waals surface area contributed by atoms with Gasteiger partial charge in [-0.15, -0.1) is 0 Å². The van der Waals surface area contributed by atoms with Crippen molar-refractivity contribution in [3.63, 3.8) is 0 Å². The molecule has 0 spiro atoms. The van der Waals surface area contributed by atoms with Crippen LogP contribution in [0.2, 0.25) is 0 Å². The highest BCUT2D eigenvalue weighted by atomic mass is 16.6. The molecule has 0 aromatic heterocycles. The molecule has 3 nitrogen and oxygen atoms in total. The number of hydrogen-bond donors (Lipinski definition) is 1. The number of benzene rings is 1. The van der Waals surface area contributed by atoms with Crippen LogP contribution in [0.4, 0.5) is 0 Å². The van der Waals surface area contributed by atoms with Gasteiger partial charge in [-0.2, -0.15) is 0 Å². The van der Waals surface area contributed by atoms with Gasteiger partial charge in [0.1, 0.15) is 13.2 Å². The number of rotatable bonds is 2. The first-order valence-electron chi connectivity index (χ1n) is 5.64. The van der Waals surface area contributed by atoms with E-state index in [1.807, 2.05) is 19.9 Å². The van der Waals surface area contributed by atoms with Crippen LogP contribution in [0.1, 0.15) is 25.0 Å². The van der Waals surface area contributed by atoms with Gasteiger partial charge in [-0.1, -0.05) is 6.07 Å². The van der Waals surface area contributed by atoms with Gasteiger partial charge in [0.2, 0.25) is 0 Å². The summed E-state index contributed by atoms with van der Waals surface area (Å²) in [6, 6.07) is 4.03. The van der Waals surface area contributed by atoms with Crippen molar-refractivity contribution in [2.75, 3.05) is 13.2 Å². The fourth-order valence-corrected chi connectivity index (χ4v) is 1.95. The molecule has 0 radical (unpaired) electrons. The lowest BCUT2D eigenvalue weighted by Gasteiger charge is -2.26. The Hall–Kier alpha value is -1.22. The highest BCUT2D eigenvalue weighted by Gasteiger charge is 2.22. The minimum atomic E-state index is -0.235. The van der Waals surface area contributed by atoms with Crippen molar-refractivity contribution in [2.24, 2.45) is 5.73 Å². The fourth-order valence-electron chi connectivity index (χ4n) is 1.95. The summed E-state index contributed by atoms with van der Waals surface area (Å²) >= 11 is 0. The van der Waals surface area contributed by atoms with Crippen LogP contribution in [-0.4, -0.2) is 18.8 Å². The van der Waals surface area contributed by atoms with E-state index in [-0.39, 0.29) is 5.54 Å². The zero-order chi connectivity index (χ0) is 11.8. The summed E-state index contributed by atoms with van der Waals surface area (Å²) in [5.74, 6) is 1.72. The zero-order valence-electron chi connectivity index (χ0n) is 10.2. The van der Waals surface area contributed by atoms with Crippen LogP contribution in [0.25, 0.3) is 0 Å². The van der Waals surface area contributed by atoms with Gasteiger partial charge < -0.3 is 15.2 Å². The molecule has 1 aromatic rings. The average molecular weight is 221 g/mol. The quantitative estimate of drug-likeness (QED) is 0.831. The first-order valence-corrected chi connectivity index (χ1v) is 5.64. The minimum Gasteiger partial charge on any atom is -0.486 e. The van der Waals surface area contributed by atoms with E-state index in [0.717, 1.165) is 17.9 Å². The van der Waals surface area contributed by atoms with Gasteiger partial charge in [0.25, 0.3) is 0 Å². The van der Waals surface area contributed by atoms with Gasteiger partial charge in [0, 0.05) is 11.1 Å². The summed E-state index contributed by atoms with van der Waals surface area (Å²) in [4.78, 5) is 0. The van der Waals surface area contributed by atoms with Crippen LogP contribution in [0.3, 0.4) is 0 Å². The molecule has 1 aliphatic rings. The van der Waals surface area contributed by atoms with Gasteiger partial charge in [0.15, 0.2) is 11.5 Å². The van der Waals surface area contributed by atoms with E-state index in [2.05, 4.69) is 13.0 Å². The third-order valence-corrected chi connectivity index (χ3v) is 2.68. The second kappa shape index (κ2) is 3.98. The second-order valence-corrected chi connectivity index (χ2v) is 5.05. The van der Waals surface area contributed by atoms with Crippen molar-refractivity contribution in [3.05, 3.63) is 23.3 Å². The van der Waals surface area contributed by atoms with Crippen molar-refractivity contribution in [1.29, 1.82) is 0 Å². The maximum Gasteiger partial charge on any atom is 0.164 e. The van der Waals surface area contributed by atoms with Crippen molar-refractivity contribution in [1.82, 2.24) is 0 Å². The lowest BCUT2D eigenvalue weighted by atomic mass is 9.92. The van der Waals surface area contributed by atoms with Crippen LogP contribution < -0.4 is 15.2 Å². The molecule has 2 N–H and O–H groups in total. The maximum absolute atomic E-state index is 6.07. The van der Waals surface area contributed by atoms with E-state index < -0.39 is 0 Å². The number of aryl methyl sites for hydroxylation is 1. The Morgan fingerprint density at radius 2 is 1.94 bits per heavy atom. The molecule has 0 fully saturated rings. The molecule has 0 unspecified atom stereocenters. The molecular formula is C13H19NO2. The summed E-state index contributed by atoms with van der Waals surface area (Å²) in [5, 5.41) is 0. The normalized spacial score (nSPS) is 15.0. The lowest BCUT2D eigenvalue weighted by molar-refractivity contribution is 0.169. The van der Waals surface area contributed by atoms with Crippen LogP contribution >= 0.6 is 0 Å². The van der Waals surface area contributed by atoms with Crippen LogP contribution in [0.5, 0.6) is 11.5 Å². The molecule has 0 atom stereocenters. The Morgan fingerprint density at radius 1 is 1.25 bits per heavy atom. The summed E-state index contributed by atoms with van der Waals surface area (Å²) in [6.07, 6.45) is 0.797. The van der Waals surface area contributed by atoms with Gasteiger partial charge in [-0.25, -0.2) is 0 Å². The number of fused-ring (bicyclic) bond motifs is 1. The summed E-state index contributed by atoms with van der Waals surface area (Å²) in [5.41, 5.74) is 8.22. The van der Waals surface area contributed by atoms with Crippen molar-refractivity contribution < 1.29 is 9.47 Å². The molecular weight excluding hydrogens is 202 g/mol. The van der Waals surface area contributed by atoms with Gasteiger partial charge in [-0.05, 0) is 38.8 Å². The van der Waals surface area contributed by atoms with E-state index in [1.165, 1.54) is 11.1 Å². The van der Waals surface area contributed by atoms with Crippen molar-refractivity contribution >= 4 is 0 Å². The molecule has 0 bridgehead atoms. The summed E-state index contributed by atoms with van der Waals surface area (Å²) < 4.78 is 11.3. The molecule has 16 heavy (non-hydrogen) atoms. The Kier molecular flexibility index (Phi) is 2.80. The second-order valence-electron chi connectivity index (χ2n) is 5.05. The van der Waals surface area contributed by atoms with Gasteiger partial charge in [0.05, 0.1) is 0 Å². The molecule has 2 rings (SSSR count). The third-order valence-electron chi connectivity index (χ3n) is 2.68. The topological polar surface area (TPSA) is 44.5 Å². The first kappa shape index (κ1) is 11.3. The predicted octanol–water partition coefficient (Wildman–Crippen LogP) is 2.05. The highest BCUT2D eigenvalue weighted by Crippen LogP contribution is 2.37. The Morgan fingerprint density at radius 3 is 2.62 bits per heavy atom. The largest absolute Gasteiger partial charge is 0.486 e. The molecule has 0 saturated carbocycles. The van der Waals surface area contributed by atoms with E-state index in [9.17, 15) is 0 Å². The van der Waals surface area contributed by atoms with E-state index >= 15 is 0 Å². The highest BCUT2D eigenvalue weighted by molar-refractivity contribution is 5.51. The maximum atomic E-state index is 6.07. The van der Waals surface area contributed by atoms with Gasteiger partial charge in [-0.3, -0.25) is 0 Å². The molecule has 1 aliphatic heterocycles. The Bertz CT molecular complexity index is 394. The number of ether oxygens (including phenoxy) is 2. The van der Waals surface area contributed by atoms with Gasteiger partial charge >= 0.3 is 0 Å². The molecule has 0 aliphatic carbocycles. The molecule has 88 valence electrons. The molecule has 1 aromatic carbocycles. The monoisotopic (exact) mass is 221 g/mol. The van der Waals surface area contributed by atoms with Crippen molar-refractivity contribution in [3.8, 4) is 11.5 Å². The number of hydrogen-bond acceptors (Lipinski definition) is 3. The molecule has 0 saturated heterocycles. The first-order chi connectivity index (χ1) is 7.47. The Labute approximate surface area is 96.5 Å². The smallest absolute Gasteiger partial charge is 0.164 e. The lowest BCUT2D eigenvalue weighted by Crippen LogP contribution is -2.35. The summed E-state index contributed by atoms with van der Waals surface area (Å²) in [7, 11) is 0. The molecule has 1 heterocycles. The Balaban J connectivity index is 2.42. The van der Waals surface area contributed by atoms with E-state index in [0.29, 0.717) is 13.2 Å². The molecule has 0 amide bonds. The van der Waals surface area contributed by atoms with E-state index in [1.54, 1.807) is 0 Å². The average Bonchev–Trinajstić information content (AvgIpc) is 2.21. The minimum absolute atomic E-state index is 0.235. The third kappa shape index (κ3) is 2.30. The SMILES string of the molecule is Cc1ccc2c(c1CC(C)(C)N)OCCO2. The number of nitrogens with two attached hydrogens (primary N) is 1. The van der Waals surface area contributed by atoms with E-state index in [4.69, 9.17) is 15.2 Å². The zero-order valence-corrected chi connectivity index (χ0v) is 10.2.